The first-order valence-corrected chi connectivity index (χ1v) is 8.81. The number of hydrogen-bond acceptors (Lipinski definition) is 2. The van der Waals surface area contributed by atoms with Crippen LogP contribution < -0.4 is 10.2 Å². The van der Waals surface area contributed by atoms with Crippen LogP contribution >= 0.6 is 0 Å². The second kappa shape index (κ2) is 7.09. The van der Waals surface area contributed by atoms with Gasteiger partial charge in [-0.05, 0) is 56.5 Å². The highest BCUT2D eigenvalue weighted by Gasteiger charge is 2.22. The average Bonchev–Trinajstić information content (AvgIpc) is 2.59. The summed E-state index contributed by atoms with van der Waals surface area (Å²) in [7, 11) is 0. The van der Waals surface area contributed by atoms with Gasteiger partial charge < -0.3 is 10.2 Å². The summed E-state index contributed by atoms with van der Waals surface area (Å²) in [6.07, 6.45) is 2.43. The van der Waals surface area contributed by atoms with Crippen LogP contribution in [0.2, 0.25) is 0 Å². The van der Waals surface area contributed by atoms with Crippen molar-refractivity contribution in [2.75, 3.05) is 16.8 Å². The lowest BCUT2D eigenvalue weighted by atomic mass is 10.0. The number of carbonyl (C=O) groups excluding carboxylic acids is 2. The van der Waals surface area contributed by atoms with Crippen LogP contribution in [0.1, 0.15) is 46.8 Å². The third-order valence-corrected chi connectivity index (χ3v) is 4.55. The molecule has 0 unspecified atom stereocenters. The van der Waals surface area contributed by atoms with E-state index >= 15 is 0 Å². The zero-order chi connectivity index (χ0) is 18.0. The minimum Gasteiger partial charge on any atom is -0.322 e. The molecule has 2 amide bonds. The lowest BCUT2D eigenvalue weighted by molar-refractivity contribution is -0.118. The number of rotatable bonds is 3. The number of fused-ring (bicyclic) bond motifs is 1. The number of benzene rings is 2. The molecule has 1 N–H and O–H groups in total. The smallest absolute Gasteiger partial charge is 0.255 e. The van der Waals surface area contributed by atoms with Gasteiger partial charge in [-0.3, -0.25) is 9.59 Å². The second-order valence-corrected chi connectivity index (χ2v) is 6.68. The van der Waals surface area contributed by atoms with Gasteiger partial charge in [0.15, 0.2) is 0 Å². The lowest BCUT2D eigenvalue weighted by Gasteiger charge is -2.29. The van der Waals surface area contributed by atoms with Gasteiger partial charge in [-0.25, -0.2) is 0 Å². The fourth-order valence-electron chi connectivity index (χ4n) is 3.41. The van der Waals surface area contributed by atoms with Gasteiger partial charge in [0.2, 0.25) is 5.91 Å². The molecule has 0 saturated carbocycles. The van der Waals surface area contributed by atoms with Crippen molar-refractivity contribution in [2.45, 2.75) is 40.0 Å². The molecular weight excluding hydrogens is 312 g/mol. The van der Waals surface area contributed by atoms with Gasteiger partial charge in [0.05, 0.1) is 0 Å². The maximum absolute atomic E-state index is 12.6. The zero-order valence-corrected chi connectivity index (χ0v) is 15.1. The van der Waals surface area contributed by atoms with Gasteiger partial charge in [-0.2, -0.15) is 0 Å². The Morgan fingerprint density at radius 1 is 1.08 bits per heavy atom. The topological polar surface area (TPSA) is 49.4 Å². The summed E-state index contributed by atoms with van der Waals surface area (Å²) in [6, 6.07) is 11.7. The van der Waals surface area contributed by atoms with Gasteiger partial charge in [-0.15, -0.1) is 0 Å². The standard InChI is InChI=1S/C21H24N2O2/c1-4-20(24)23-9-5-6-16-7-8-18(13-19(16)23)22-21(25)17-11-14(2)10-15(3)12-17/h7-8,10-13H,4-6,9H2,1-3H3,(H,22,25). The van der Waals surface area contributed by atoms with E-state index in [1.165, 1.54) is 0 Å². The van der Waals surface area contributed by atoms with E-state index in [4.69, 9.17) is 0 Å². The van der Waals surface area contributed by atoms with E-state index in [0.717, 1.165) is 47.5 Å². The molecule has 4 heteroatoms. The van der Waals surface area contributed by atoms with Crippen LogP contribution in [0.25, 0.3) is 0 Å². The molecule has 0 radical (unpaired) electrons. The lowest BCUT2D eigenvalue weighted by Crippen LogP contribution is -2.35. The fraction of sp³-hybridized carbons (Fsp3) is 0.333. The SMILES string of the molecule is CCC(=O)N1CCCc2ccc(NC(=O)c3cc(C)cc(C)c3)cc21. The molecule has 0 aliphatic carbocycles. The number of anilines is 2. The third kappa shape index (κ3) is 3.73. The van der Waals surface area contributed by atoms with Crippen molar-refractivity contribution >= 4 is 23.2 Å². The Morgan fingerprint density at radius 3 is 2.48 bits per heavy atom. The Labute approximate surface area is 148 Å². The molecule has 130 valence electrons. The van der Waals surface area contributed by atoms with Crippen molar-refractivity contribution in [1.29, 1.82) is 0 Å². The monoisotopic (exact) mass is 336 g/mol. The van der Waals surface area contributed by atoms with Gasteiger partial charge >= 0.3 is 0 Å². The number of hydrogen-bond donors (Lipinski definition) is 1. The van der Waals surface area contributed by atoms with E-state index in [9.17, 15) is 9.59 Å². The summed E-state index contributed by atoms with van der Waals surface area (Å²) >= 11 is 0. The molecule has 2 aromatic rings. The first-order chi connectivity index (χ1) is 12.0. The van der Waals surface area contributed by atoms with Crippen molar-refractivity contribution in [3.8, 4) is 0 Å². The van der Waals surface area contributed by atoms with E-state index in [-0.39, 0.29) is 11.8 Å². The quantitative estimate of drug-likeness (QED) is 0.911. The molecule has 1 aliphatic rings. The molecule has 2 aromatic carbocycles. The minimum absolute atomic E-state index is 0.124. The first-order valence-electron chi connectivity index (χ1n) is 8.81. The normalized spacial score (nSPS) is 13.3. The van der Waals surface area contributed by atoms with Gasteiger partial charge in [-0.1, -0.05) is 30.2 Å². The first kappa shape index (κ1) is 17.2. The van der Waals surface area contributed by atoms with Crippen molar-refractivity contribution in [1.82, 2.24) is 0 Å². The van der Waals surface area contributed by atoms with Crippen LogP contribution in [0.5, 0.6) is 0 Å². The summed E-state index contributed by atoms with van der Waals surface area (Å²) in [5, 5.41) is 2.96. The van der Waals surface area contributed by atoms with Crippen molar-refractivity contribution in [3.63, 3.8) is 0 Å². The molecule has 1 heterocycles. The predicted molar refractivity (Wildman–Crippen MR) is 101 cm³/mol. The summed E-state index contributed by atoms with van der Waals surface area (Å²) < 4.78 is 0. The number of carbonyl (C=O) groups is 2. The van der Waals surface area contributed by atoms with Gasteiger partial charge in [0.25, 0.3) is 5.91 Å². The Kier molecular flexibility index (Phi) is 4.88. The predicted octanol–water partition coefficient (Wildman–Crippen LogP) is 4.24. The Hall–Kier alpha value is -2.62. The highest BCUT2D eigenvalue weighted by molar-refractivity contribution is 6.05. The van der Waals surface area contributed by atoms with Crippen LogP contribution in [0.15, 0.2) is 36.4 Å². The van der Waals surface area contributed by atoms with Crippen LogP contribution in [-0.4, -0.2) is 18.4 Å². The highest BCUT2D eigenvalue weighted by atomic mass is 16.2. The Balaban J connectivity index is 1.86. The van der Waals surface area contributed by atoms with Crippen LogP contribution in [-0.2, 0) is 11.2 Å². The van der Waals surface area contributed by atoms with E-state index in [0.29, 0.717) is 12.0 Å². The molecule has 0 spiro atoms. The summed E-state index contributed by atoms with van der Waals surface area (Å²) in [6.45, 7) is 6.59. The van der Waals surface area contributed by atoms with E-state index < -0.39 is 0 Å². The molecular formula is C21H24N2O2. The molecule has 4 nitrogen and oxygen atoms in total. The van der Waals surface area contributed by atoms with E-state index in [1.807, 2.05) is 62.1 Å². The molecule has 1 aliphatic heterocycles. The molecule has 0 bridgehead atoms. The minimum atomic E-state index is -0.129. The maximum atomic E-state index is 12.6. The third-order valence-electron chi connectivity index (χ3n) is 4.55. The van der Waals surface area contributed by atoms with Gasteiger partial charge in [0.1, 0.15) is 0 Å². The number of nitrogens with zero attached hydrogens (tertiary/aromatic N) is 1. The molecule has 0 saturated heterocycles. The number of amides is 2. The van der Waals surface area contributed by atoms with E-state index in [2.05, 4.69) is 5.32 Å². The Bertz CT molecular complexity index is 806. The largest absolute Gasteiger partial charge is 0.322 e. The van der Waals surface area contributed by atoms with Gasteiger partial charge in [0, 0.05) is 29.9 Å². The van der Waals surface area contributed by atoms with E-state index in [1.54, 1.807) is 0 Å². The van der Waals surface area contributed by atoms with Crippen molar-refractivity contribution in [2.24, 2.45) is 0 Å². The second-order valence-electron chi connectivity index (χ2n) is 6.68. The summed E-state index contributed by atoms with van der Waals surface area (Å²) in [4.78, 5) is 26.6. The number of nitrogens with one attached hydrogen (secondary N) is 1. The molecule has 0 aromatic heterocycles. The summed E-state index contributed by atoms with van der Waals surface area (Å²) in [5.74, 6) is -0.00494. The molecule has 3 rings (SSSR count). The molecule has 0 fully saturated rings. The molecule has 0 atom stereocenters. The summed E-state index contributed by atoms with van der Waals surface area (Å²) in [5.41, 5.74) is 5.59. The zero-order valence-electron chi connectivity index (χ0n) is 15.1. The van der Waals surface area contributed by atoms with Crippen LogP contribution in [0.4, 0.5) is 11.4 Å². The maximum Gasteiger partial charge on any atom is 0.255 e. The van der Waals surface area contributed by atoms with Crippen LogP contribution in [0, 0.1) is 13.8 Å². The highest BCUT2D eigenvalue weighted by Crippen LogP contribution is 2.30. The Morgan fingerprint density at radius 2 is 1.80 bits per heavy atom. The molecule has 25 heavy (non-hydrogen) atoms. The fourth-order valence-corrected chi connectivity index (χ4v) is 3.41. The van der Waals surface area contributed by atoms with Crippen molar-refractivity contribution < 1.29 is 9.59 Å². The number of aryl methyl sites for hydroxylation is 3. The van der Waals surface area contributed by atoms with Crippen molar-refractivity contribution in [3.05, 3.63) is 58.7 Å². The average molecular weight is 336 g/mol. The van der Waals surface area contributed by atoms with Crippen LogP contribution in [0.3, 0.4) is 0 Å².